The maximum Gasteiger partial charge on any atom is 0.193 e. The molecule has 0 aromatic heterocycles. The van der Waals surface area contributed by atoms with Crippen molar-refractivity contribution in [3.63, 3.8) is 0 Å². The molecular formula is C21H40O3Si2. The maximum absolute atomic E-state index is 11.8. The predicted molar refractivity (Wildman–Crippen MR) is 115 cm³/mol. The van der Waals surface area contributed by atoms with Crippen molar-refractivity contribution < 1.29 is 13.6 Å². The molecule has 0 heterocycles. The van der Waals surface area contributed by atoms with Crippen LogP contribution in [0.2, 0.25) is 36.3 Å². The molecule has 0 aromatic carbocycles. The average molecular weight is 397 g/mol. The third kappa shape index (κ3) is 5.31. The highest BCUT2D eigenvalue weighted by atomic mass is 28.4. The second-order valence-corrected chi connectivity index (χ2v) is 20.4. The van der Waals surface area contributed by atoms with Crippen LogP contribution in [0, 0.1) is 24.2 Å². The molecule has 1 saturated carbocycles. The molecule has 0 aromatic rings. The molecule has 0 unspecified atom stereocenters. The summed E-state index contributed by atoms with van der Waals surface area (Å²) in [5.41, 5.74) is 0. The molecule has 0 amide bonds. The molecule has 1 rings (SSSR count). The SMILES string of the molecule is C#C[C@@H](O[Si](C)(C)C(C)(C)C)[C@@H]1C[C@@H](O[Si](C)(C)C(C)(C)C)C[C@H]1C=O. The fraction of sp³-hybridized carbons (Fsp3) is 0.857. The van der Waals surface area contributed by atoms with Crippen LogP contribution in [0.15, 0.2) is 0 Å². The van der Waals surface area contributed by atoms with Gasteiger partial charge in [-0.1, -0.05) is 47.5 Å². The number of terminal acetylenes is 1. The molecule has 4 atom stereocenters. The van der Waals surface area contributed by atoms with Gasteiger partial charge in [-0.2, -0.15) is 0 Å². The molecule has 1 aliphatic rings. The smallest absolute Gasteiger partial charge is 0.193 e. The lowest BCUT2D eigenvalue weighted by Gasteiger charge is -2.40. The first-order valence-electron chi connectivity index (χ1n) is 9.83. The van der Waals surface area contributed by atoms with Crippen LogP contribution in [0.25, 0.3) is 0 Å². The standard InChI is InChI=1S/C21H40O3Si2/c1-12-19(24-26(10,11)21(5,6)7)18-14-17(13-16(18)15-22)23-25(8,9)20(2,3)4/h1,15-19H,13-14H2,2-11H3/t16-,17-,18+,19+/m0/s1. The van der Waals surface area contributed by atoms with Gasteiger partial charge in [-0.25, -0.2) is 0 Å². The largest absolute Gasteiger partial charge is 0.414 e. The Morgan fingerprint density at radius 1 is 1.00 bits per heavy atom. The fourth-order valence-corrected chi connectivity index (χ4v) is 5.60. The van der Waals surface area contributed by atoms with Crippen LogP contribution in [0.4, 0.5) is 0 Å². The van der Waals surface area contributed by atoms with Crippen molar-refractivity contribution in [3.05, 3.63) is 0 Å². The predicted octanol–water partition coefficient (Wildman–Crippen LogP) is 5.63. The molecule has 1 fully saturated rings. The van der Waals surface area contributed by atoms with E-state index < -0.39 is 16.6 Å². The lowest BCUT2D eigenvalue weighted by Crippen LogP contribution is -2.46. The van der Waals surface area contributed by atoms with Crippen LogP contribution in [-0.2, 0) is 13.6 Å². The zero-order valence-electron chi connectivity index (χ0n) is 18.6. The summed E-state index contributed by atoms with van der Waals surface area (Å²) in [4.78, 5) is 11.8. The van der Waals surface area contributed by atoms with Gasteiger partial charge >= 0.3 is 0 Å². The Labute approximate surface area is 163 Å². The molecule has 0 N–H and O–H groups in total. The summed E-state index contributed by atoms with van der Waals surface area (Å²) in [6.07, 6.45) is 8.31. The van der Waals surface area contributed by atoms with Crippen molar-refractivity contribution in [1.29, 1.82) is 0 Å². The van der Waals surface area contributed by atoms with Crippen LogP contribution in [0.5, 0.6) is 0 Å². The van der Waals surface area contributed by atoms with Crippen molar-refractivity contribution in [3.8, 4) is 12.3 Å². The zero-order valence-corrected chi connectivity index (χ0v) is 20.6. The first kappa shape index (κ1) is 23.6. The first-order valence-corrected chi connectivity index (χ1v) is 15.6. The molecule has 1 aliphatic carbocycles. The quantitative estimate of drug-likeness (QED) is 0.332. The molecule has 0 bridgehead atoms. The van der Waals surface area contributed by atoms with Crippen molar-refractivity contribution in [2.24, 2.45) is 11.8 Å². The number of carbonyl (C=O) groups is 1. The highest BCUT2D eigenvalue weighted by Crippen LogP contribution is 2.44. The Morgan fingerprint density at radius 2 is 1.50 bits per heavy atom. The maximum atomic E-state index is 11.8. The number of hydrogen-bond donors (Lipinski definition) is 0. The summed E-state index contributed by atoms with van der Waals surface area (Å²) in [6, 6.07) is 0. The molecule has 26 heavy (non-hydrogen) atoms. The van der Waals surface area contributed by atoms with E-state index >= 15 is 0 Å². The van der Waals surface area contributed by atoms with Gasteiger partial charge in [-0.3, -0.25) is 0 Å². The number of aldehydes is 1. The minimum atomic E-state index is -1.99. The van der Waals surface area contributed by atoms with Crippen LogP contribution < -0.4 is 0 Å². The Morgan fingerprint density at radius 3 is 1.88 bits per heavy atom. The normalized spacial score (nSPS) is 26.4. The summed E-state index contributed by atoms with van der Waals surface area (Å²) in [6.45, 7) is 22.3. The van der Waals surface area contributed by atoms with Gasteiger partial charge in [0.15, 0.2) is 16.6 Å². The van der Waals surface area contributed by atoms with E-state index in [1.54, 1.807) is 0 Å². The Balaban J connectivity index is 2.95. The van der Waals surface area contributed by atoms with Crippen LogP contribution >= 0.6 is 0 Å². The Hall–Kier alpha value is -0.416. The van der Waals surface area contributed by atoms with Crippen LogP contribution in [0.3, 0.4) is 0 Å². The summed E-state index contributed by atoms with van der Waals surface area (Å²) in [5, 5.41) is 0.249. The van der Waals surface area contributed by atoms with E-state index in [-0.39, 0.29) is 34.1 Å². The topological polar surface area (TPSA) is 35.5 Å². The summed E-state index contributed by atoms with van der Waals surface area (Å²) >= 11 is 0. The van der Waals surface area contributed by atoms with E-state index in [9.17, 15) is 4.79 Å². The van der Waals surface area contributed by atoms with E-state index in [1.807, 2.05) is 0 Å². The van der Waals surface area contributed by atoms with E-state index in [1.165, 1.54) is 0 Å². The highest BCUT2D eigenvalue weighted by molar-refractivity contribution is 6.74. The average Bonchev–Trinajstić information content (AvgIpc) is 2.84. The van der Waals surface area contributed by atoms with Gasteiger partial charge in [0.25, 0.3) is 0 Å². The summed E-state index contributed by atoms with van der Waals surface area (Å²) < 4.78 is 13.1. The highest BCUT2D eigenvalue weighted by Gasteiger charge is 2.47. The van der Waals surface area contributed by atoms with E-state index in [0.29, 0.717) is 0 Å². The minimum absolute atomic E-state index is 0.0568. The van der Waals surface area contributed by atoms with Gasteiger partial charge in [0.2, 0.25) is 0 Å². The third-order valence-electron chi connectivity index (χ3n) is 6.84. The van der Waals surface area contributed by atoms with E-state index in [0.717, 1.165) is 19.1 Å². The van der Waals surface area contributed by atoms with Gasteiger partial charge < -0.3 is 13.6 Å². The molecule has 0 spiro atoms. The second-order valence-electron chi connectivity index (χ2n) is 10.9. The van der Waals surface area contributed by atoms with E-state index in [4.69, 9.17) is 15.3 Å². The van der Waals surface area contributed by atoms with Gasteiger partial charge in [0, 0.05) is 17.9 Å². The zero-order chi connectivity index (χ0) is 20.6. The van der Waals surface area contributed by atoms with Crippen LogP contribution in [-0.4, -0.2) is 35.1 Å². The second kappa shape index (κ2) is 7.91. The monoisotopic (exact) mass is 396 g/mol. The number of hydrogen-bond acceptors (Lipinski definition) is 3. The summed E-state index contributed by atoms with van der Waals surface area (Å²) in [7, 11) is -3.85. The molecule has 5 heteroatoms. The molecule has 150 valence electrons. The van der Waals surface area contributed by atoms with Gasteiger partial charge in [-0.15, -0.1) is 6.42 Å². The molecular weight excluding hydrogens is 356 g/mol. The lowest BCUT2D eigenvalue weighted by atomic mass is 9.92. The van der Waals surface area contributed by atoms with Crippen molar-refractivity contribution in [1.82, 2.24) is 0 Å². The molecule has 0 aliphatic heterocycles. The van der Waals surface area contributed by atoms with Gasteiger partial charge in [0.1, 0.15) is 12.4 Å². The molecule has 0 saturated heterocycles. The van der Waals surface area contributed by atoms with Gasteiger partial charge in [0.05, 0.1) is 0 Å². The third-order valence-corrected chi connectivity index (χ3v) is 15.8. The first-order chi connectivity index (χ1) is 11.6. The minimum Gasteiger partial charge on any atom is -0.414 e. The van der Waals surface area contributed by atoms with Crippen molar-refractivity contribution in [2.75, 3.05) is 0 Å². The Kier molecular flexibility index (Phi) is 7.18. The van der Waals surface area contributed by atoms with Gasteiger partial charge in [-0.05, 0) is 49.1 Å². The summed E-state index contributed by atoms with van der Waals surface area (Å²) in [5.74, 6) is 2.84. The van der Waals surface area contributed by atoms with E-state index in [2.05, 4.69) is 73.7 Å². The fourth-order valence-electron chi connectivity index (χ4n) is 2.99. The lowest BCUT2D eigenvalue weighted by molar-refractivity contribution is -0.112. The van der Waals surface area contributed by atoms with Crippen molar-refractivity contribution >= 4 is 22.9 Å². The Bertz CT molecular complexity index is 535. The molecule has 0 radical (unpaired) electrons. The number of rotatable bonds is 6. The number of carbonyl (C=O) groups excluding carboxylic acids is 1. The van der Waals surface area contributed by atoms with Crippen LogP contribution in [0.1, 0.15) is 54.4 Å². The van der Waals surface area contributed by atoms with Crippen molar-refractivity contribution in [2.45, 2.75) is 103 Å². The molecule has 3 nitrogen and oxygen atoms in total.